The summed E-state index contributed by atoms with van der Waals surface area (Å²) in [5.41, 5.74) is 1.17. The summed E-state index contributed by atoms with van der Waals surface area (Å²) in [5, 5.41) is 3.57. The Labute approximate surface area is 177 Å². The van der Waals surface area contributed by atoms with Crippen LogP contribution in [0.4, 0.5) is 0 Å². The van der Waals surface area contributed by atoms with Gasteiger partial charge in [0, 0.05) is 26.2 Å². The van der Waals surface area contributed by atoms with E-state index in [0.717, 1.165) is 56.8 Å². The largest absolute Gasteiger partial charge is 0.497 e. The van der Waals surface area contributed by atoms with Gasteiger partial charge in [-0.3, -0.25) is 9.59 Å². The minimum atomic E-state index is -0.330. The third-order valence-electron chi connectivity index (χ3n) is 6.00. The topological polar surface area (TPSA) is 71.1 Å². The second-order valence-corrected chi connectivity index (χ2v) is 8.20. The van der Waals surface area contributed by atoms with Crippen molar-refractivity contribution < 1.29 is 19.1 Å². The second kappa shape index (κ2) is 9.43. The van der Waals surface area contributed by atoms with E-state index in [1.165, 1.54) is 7.11 Å². The summed E-state index contributed by atoms with van der Waals surface area (Å²) in [7, 11) is 2.99. The summed E-state index contributed by atoms with van der Waals surface area (Å²) in [5.74, 6) is 0.609. The lowest BCUT2D eigenvalue weighted by atomic mass is 9.77. The average Bonchev–Trinajstić information content (AvgIpc) is 3.15. The van der Waals surface area contributed by atoms with Crippen LogP contribution in [0.1, 0.15) is 24.8 Å². The highest BCUT2D eigenvalue weighted by molar-refractivity contribution is 7.80. The maximum absolute atomic E-state index is 12.7. The summed E-state index contributed by atoms with van der Waals surface area (Å²) < 4.78 is 9.88. The Morgan fingerprint density at radius 2 is 1.83 bits per heavy atom. The van der Waals surface area contributed by atoms with Gasteiger partial charge in [-0.1, -0.05) is 12.1 Å². The Kier molecular flexibility index (Phi) is 6.95. The molecule has 1 amide bonds. The van der Waals surface area contributed by atoms with Crippen LogP contribution in [-0.4, -0.2) is 73.7 Å². The van der Waals surface area contributed by atoms with Gasteiger partial charge in [0.25, 0.3) is 0 Å². The Bertz CT molecular complexity index is 762. The minimum Gasteiger partial charge on any atom is -0.497 e. The second-order valence-electron chi connectivity index (χ2n) is 7.82. The van der Waals surface area contributed by atoms with Crippen LogP contribution in [0, 0.1) is 5.41 Å². The molecule has 1 N–H and O–H groups in total. The van der Waals surface area contributed by atoms with Crippen LogP contribution >= 0.6 is 12.2 Å². The molecule has 7 nitrogen and oxygen atoms in total. The van der Waals surface area contributed by atoms with E-state index in [-0.39, 0.29) is 23.8 Å². The van der Waals surface area contributed by atoms with Crippen molar-refractivity contribution in [2.24, 2.45) is 5.41 Å². The zero-order valence-corrected chi connectivity index (χ0v) is 17.9. The monoisotopic (exact) mass is 419 g/mol. The van der Waals surface area contributed by atoms with Gasteiger partial charge in [-0.15, -0.1) is 0 Å². The van der Waals surface area contributed by atoms with E-state index in [1.807, 2.05) is 29.2 Å². The number of likely N-dealkylation sites (tertiary alicyclic amines) is 2. The first-order valence-electron chi connectivity index (χ1n) is 9.95. The van der Waals surface area contributed by atoms with E-state index < -0.39 is 0 Å². The Balaban J connectivity index is 1.48. The predicted molar refractivity (Wildman–Crippen MR) is 114 cm³/mol. The SMILES string of the molecule is COC(=O)CNC(=S)N1CCC2(CCN(C(=O)Cc3cccc(OC)c3)CC2)C1. The van der Waals surface area contributed by atoms with Crippen molar-refractivity contribution in [2.75, 3.05) is 46.9 Å². The molecule has 2 aliphatic rings. The van der Waals surface area contributed by atoms with Crippen LogP contribution < -0.4 is 10.1 Å². The molecule has 2 aliphatic heterocycles. The van der Waals surface area contributed by atoms with Gasteiger partial charge in [0.05, 0.1) is 20.6 Å². The van der Waals surface area contributed by atoms with Crippen molar-refractivity contribution in [3.05, 3.63) is 29.8 Å². The first-order chi connectivity index (χ1) is 13.9. The molecule has 158 valence electrons. The molecule has 0 unspecified atom stereocenters. The standard InChI is InChI=1S/C21H29N3O4S/c1-27-17-5-3-4-16(12-17)13-18(25)23-9-6-21(7-10-23)8-11-24(15-21)20(29)22-14-19(26)28-2/h3-5,12H,6-11,13-15H2,1-2H3,(H,22,29). The number of methoxy groups -OCH3 is 2. The molecule has 8 heteroatoms. The third-order valence-corrected chi connectivity index (χ3v) is 6.41. The third kappa shape index (κ3) is 5.38. The number of nitrogens with one attached hydrogen (secondary N) is 1. The summed E-state index contributed by atoms with van der Waals surface area (Å²) in [6.07, 6.45) is 3.42. The number of thiocarbonyl (C=S) groups is 1. The van der Waals surface area contributed by atoms with E-state index in [4.69, 9.17) is 17.0 Å². The first kappa shape index (κ1) is 21.4. The number of amides is 1. The molecule has 0 radical (unpaired) electrons. The number of esters is 1. The molecule has 0 aromatic heterocycles. The van der Waals surface area contributed by atoms with Gasteiger partial charge >= 0.3 is 5.97 Å². The number of nitrogens with zero attached hydrogens (tertiary/aromatic N) is 2. The Morgan fingerprint density at radius 1 is 1.14 bits per heavy atom. The van der Waals surface area contributed by atoms with Crippen molar-refractivity contribution in [1.82, 2.24) is 15.1 Å². The van der Waals surface area contributed by atoms with Crippen molar-refractivity contribution in [3.63, 3.8) is 0 Å². The fourth-order valence-corrected chi connectivity index (χ4v) is 4.38. The number of hydrogen-bond acceptors (Lipinski definition) is 5. The fraction of sp³-hybridized carbons (Fsp3) is 0.571. The van der Waals surface area contributed by atoms with E-state index in [1.54, 1.807) is 7.11 Å². The molecule has 0 atom stereocenters. The van der Waals surface area contributed by atoms with E-state index in [2.05, 4.69) is 15.0 Å². The molecule has 1 aromatic carbocycles. The number of ether oxygens (including phenoxy) is 2. The average molecular weight is 420 g/mol. The quantitative estimate of drug-likeness (QED) is 0.574. The molecule has 3 rings (SSSR count). The van der Waals surface area contributed by atoms with Crippen molar-refractivity contribution >= 4 is 29.2 Å². The lowest BCUT2D eigenvalue weighted by Gasteiger charge is -2.39. The number of carbonyl (C=O) groups excluding carboxylic acids is 2. The molecule has 1 spiro atoms. The van der Waals surface area contributed by atoms with Gasteiger partial charge < -0.3 is 24.6 Å². The number of piperidine rings is 1. The van der Waals surface area contributed by atoms with E-state index >= 15 is 0 Å². The predicted octanol–water partition coefficient (Wildman–Crippen LogP) is 1.60. The summed E-state index contributed by atoms with van der Waals surface area (Å²) in [6, 6.07) is 7.68. The number of benzene rings is 1. The van der Waals surface area contributed by atoms with Crippen molar-refractivity contribution in [3.8, 4) is 5.75 Å². The van der Waals surface area contributed by atoms with Gasteiger partial charge in [-0.05, 0) is 54.6 Å². The number of hydrogen-bond donors (Lipinski definition) is 1. The lowest BCUT2D eigenvalue weighted by molar-refractivity contribution is -0.139. The van der Waals surface area contributed by atoms with Crippen LogP contribution in [0.5, 0.6) is 5.75 Å². The first-order valence-corrected chi connectivity index (χ1v) is 10.4. The molecule has 0 saturated carbocycles. The Hall–Kier alpha value is -2.35. The number of rotatable bonds is 5. The van der Waals surface area contributed by atoms with Gasteiger partial charge in [-0.2, -0.15) is 0 Å². The molecule has 2 fully saturated rings. The molecule has 1 aromatic rings. The minimum absolute atomic E-state index is 0.0887. The lowest BCUT2D eigenvalue weighted by Crippen LogP contribution is -2.46. The van der Waals surface area contributed by atoms with E-state index in [0.29, 0.717) is 11.5 Å². The smallest absolute Gasteiger partial charge is 0.325 e. The molecular weight excluding hydrogens is 390 g/mol. The zero-order chi connectivity index (χ0) is 20.9. The maximum atomic E-state index is 12.7. The zero-order valence-electron chi connectivity index (χ0n) is 17.1. The Morgan fingerprint density at radius 3 is 2.48 bits per heavy atom. The van der Waals surface area contributed by atoms with Crippen LogP contribution in [-0.2, 0) is 20.7 Å². The molecule has 2 heterocycles. The highest BCUT2D eigenvalue weighted by atomic mass is 32.1. The van der Waals surface area contributed by atoms with Gasteiger partial charge in [0.2, 0.25) is 5.91 Å². The van der Waals surface area contributed by atoms with Crippen LogP contribution in [0.2, 0.25) is 0 Å². The van der Waals surface area contributed by atoms with Crippen molar-refractivity contribution in [2.45, 2.75) is 25.7 Å². The van der Waals surface area contributed by atoms with Crippen LogP contribution in [0.25, 0.3) is 0 Å². The fourth-order valence-electron chi connectivity index (χ4n) is 4.15. The molecule has 0 aliphatic carbocycles. The van der Waals surface area contributed by atoms with Crippen molar-refractivity contribution in [1.29, 1.82) is 0 Å². The molecular formula is C21H29N3O4S. The normalized spacial score (nSPS) is 17.9. The number of carbonyl (C=O) groups is 2. The summed E-state index contributed by atoms with van der Waals surface area (Å²) in [4.78, 5) is 28.1. The van der Waals surface area contributed by atoms with Gasteiger partial charge in [-0.25, -0.2) is 0 Å². The van der Waals surface area contributed by atoms with E-state index in [9.17, 15) is 9.59 Å². The summed E-state index contributed by atoms with van der Waals surface area (Å²) in [6.45, 7) is 3.39. The van der Waals surface area contributed by atoms with Crippen LogP contribution in [0.15, 0.2) is 24.3 Å². The van der Waals surface area contributed by atoms with Gasteiger partial charge in [0.15, 0.2) is 5.11 Å². The molecule has 29 heavy (non-hydrogen) atoms. The molecule has 0 bridgehead atoms. The maximum Gasteiger partial charge on any atom is 0.325 e. The highest BCUT2D eigenvalue weighted by Gasteiger charge is 2.42. The summed E-state index contributed by atoms with van der Waals surface area (Å²) >= 11 is 5.42. The molecule has 2 saturated heterocycles. The van der Waals surface area contributed by atoms with Gasteiger partial charge in [0.1, 0.15) is 12.3 Å². The highest BCUT2D eigenvalue weighted by Crippen LogP contribution is 2.40. The van der Waals surface area contributed by atoms with Crippen LogP contribution in [0.3, 0.4) is 0 Å².